The van der Waals surface area contributed by atoms with Crippen LogP contribution in [-0.4, -0.2) is 117 Å². The second-order valence-corrected chi connectivity index (χ2v) is 1.39. The molecule has 0 rings (SSSR count). The van der Waals surface area contributed by atoms with Crippen LogP contribution in [-0.2, 0) is 0 Å². The highest BCUT2D eigenvalue weighted by molar-refractivity contribution is 6.31. The zero-order chi connectivity index (χ0) is 14.3. The van der Waals surface area contributed by atoms with Gasteiger partial charge in [0.2, 0.25) is 0 Å². The minimum absolute atomic E-state index is 0. The Hall–Kier alpha value is -0.900. The highest BCUT2D eigenvalue weighted by Gasteiger charge is 1.93. The van der Waals surface area contributed by atoms with Crippen molar-refractivity contribution in [3.63, 3.8) is 0 Å². The predicted octanol–water partition coefficient (Wildman–Crippen LogP) is -10.4. The number of hydrogen-bond donors (Lipinski definition) is 24. The minimum atomic E-state index is -2.17. The fraction of sp³-hybridized carbons (Fsp3) is 0. The summed E-state index contributed by atoms with van der Waals surface area (Å²) in [7, 11) is -8.67. The number of rotatable bonds is 0. The van der Waals surface area contributed by atoms with E-state index in [4.69, 9.17) is 60.3 Å². The van der Waals surface area contributed by atoms with E-state index in [0.717, 1.165) is 0 Å². The summed E-state index contributed by atoms with van der Waals surface area (Å²) in [5, 5.41) is 86.0. The van der Waals surface area contributed by atoms with Gasteiger partial charge >= 0.3 is 29.3 Å². The minimum Gasteiger partial charge on any atom is -0.412 e. The van der Waals surface area contributed by atoms with E-state index in [9.17, 15) is 0 Å². The maximum Gasteiger partial charge on any atom is 0.631 e. The third-order valence-electron chi connectivity index (χ3n) is 0. The second kappa shape index (κ2) is 229. The molecule has 232 valence electrons. The molecule has 0 fully saturated rings. The molecule has 0 heterocycles. The first-order valence-electron chi connectivity index (χ1n) is 3.10. The summed E-state index contributed by atoms with van der Waals surface area (Å²) < 4.78 is 0. The summed E-state index contributed by atoms with van der Waals surface area (Å²) in [6, 6.07) is 0. The van der Waals surface area contributed by atoms with Gasteiger partial charge in [-0.3, -0.25) is 0 Å². The first-order chi connectivity index (χ1) is 6.93. The van der Waals surface area contributed by atoms with E-state index < -0.39 is 29.3 Å². The Kier molecular flexibility index (Phi) is 1750. The van der Waals surface area contributed by atoms with Crippen LogP contribution in [0.5, 0.6) is 0 Å². The highest BCUT2D eigenvalue weighted by atomic mass is 16.5. The third kappa shape index (κ3) is 32500. The molecule has 0 amide bonds. The predicted molar refractivity (Wildman–Crippen MR) is 128 cm³/mol. The Morgan fingerprint density at radius 1 is 0.182 bits per heavy atom. The van der Waals surface area contributed by atoms with Crippen molar-refractivity contribution >= 4 is 29.3 Å². The Balaban J connectivity index is -0.00000000261. The maximum absolute atomic E-state index is 7.17. The van der Waals surface area contributed by atoms with Crippen LogP contribution in [0.2, 0.25) is 0 Å². The van der Waals surface area contributed by atoms with E-state index in [1.807, 2.05) is 0 Å². The van der Waals surface area contributed by atoms with E-state index in [1.165, 1.54) is 0 Å². The van der Waals surface area contributed by atoms with Gasteiger partial charge < -0.3 is 161 Å². The lowest BCUT2D eigenvalue weighted by Gasteiger charge is -1.69. The molecule has 33 heavy (non-hydrogen) atoms. The summed E-state index contributed by atoms with van der Waals surface area (Å²) in [6.07, 6.45) is 0. The average molecular weight is 542 g/mol. The van der Waals surface area contributed by atoms with Crippen molar-refractivity contribution in [1.29, 1.82) is 0 Å². The van der Waals surface area contributed by atoms with Crippen molar-refractivity contribution in [2.75, 3.05) is 0 Å². The van der Waals surface area contributed by atoms with Crippen LogP contribution in [0.1, 0.15) is 0 Å². The quantitative estimate of drug-likeness (QED) is 0.126. The van der Waals surface area contributed by atoms with Crippen molar-refractivity contribution in [2.45, 2.75) is 0 Å². The molecule has 0 aromatic heterocycles. The van der Waals surface area contributed by atoms with Crippen LogP contribution in [0, 0.1) is 0 Å². The maximum atomic E-state index is 7.17. The first kappa shape index (κ1) is 252. The van der Waals surface area contributed by atoms with Crippen molar-refractivity contribution in [2.24, 2.45) is 0 Å². The summed E-state index contributed by atoms with van der Waals surface area (Å²) in [5.41, 5.74) is 0. The van der Waals surface area contributed by atoms with Gasteiger partial charge in [-0.05, 0) is 0 Å². The Bertz CT molecular complexity index is 89.0. The largest absolute Gasteiger partial charge is 0.631 e. The lowest BCUT2D eigenvalue weighted by Crippen LogP contribution is -2.07. The lowest BCUT2D eigenvalue weighted by atomic mass is 10.3. The molecular weight excluding hydrogens is 483 g/mol. The monoisotopic (exact) mass is 542 g/mol. The van der Waals surface area contributed by atoms with Gasteiger partial charge in [-0.25, -0.2) is 0 Å². The fourth-order valence-corrected chi connectivity index (χ4v) is 0. The smallest absolute Gasteiger partial charge is 0.412 e. The van der Waals surface area contributed by atoms with Crippen LogP contribution < -0.4 is 73.8 Å². The fourth-order valence-electron chi connectivity index (χ4n) is 0. The van der Waals surface area contributed by atoms with Gasteiger partial charge in [-0.15, -0.1) is 0 Å². The van der Waals surface area contributed by atoms with Crippen LogP contribution >= 0.6 is 0 Å². The summed E-state index contributed by atoms with van der Waals surface area (Å²) in [4.78, 5) is 0. The highest BCUT2D eigenvalue weighted by Crippen LogP contribution is 1.41. The molecule has 29 nitrogen and oxygen atoms in total. The molecule has 0 aromatic rings. The van der Waals surface area contributed by atoms with Crippen molar-refractivity contribution < 1.29 is 87.7 Å². The average Bonchev–Trinajstić information content (AvgIpc) is 1.76. The second-order valence-electron chi connectivity index (χ2n) is 1.39. The van der Waals surface area contributed by atoms with Crippen LogP contribution in [0.3, 0.4) is 0 Å². The van der Waals surface area contributed by atoms with Gasteiger partial charge in [-0.1, -0.05) is 0 Å². The molecule has 33 heteroatoms. The standard InChI is InChI=1S/4BH3O3.12H3N.5H2O/c4*2-1(3)4;;;;;;;;;;;;;;;;;/h4*2-4H;12*1H3;5*1H2. The zero-order valence-corrected chi connectivity index (χ0v) is 18.7. The molecule has 0 aliphatic carbocycles. The Morgan fingerprint density at radius 2 is 0.182 bits per heavy atom. The van der Waals surface area contributed by atoms with Gasteiger partial charge in [0.1, 0.15) is 0 Å². The number of hydrogen-bond acceptors (Lipinski definition) is 24. The molecule has 0 aliphatic rings. The van der Waals surface area contributed by atoms with Gasteiger partial charge in [0.25, 0.3) is 0 Å². The normalized spacial score (nSPS) is 3.27. The van der Waals surface area contributed by atoms with Crippen LogP contribution in [0.25, 0.3) is 0 Å². The summed E-state index contributed by atoms with van der Waals surface area (Å²) in [5.74, 6) is 0. The lowest BCUT2D eigenvalue weighted by molar-refractivity contribution is 0.276. The molecule has 0 aliphatic heterocycles. The molecule has 0 atom stereocenters. The molecule has 58 N–H and O–H groups in total. The zero-order valence-electron chi connectivity index (χ0n) is 18.7. The molecule has 0 radical (unpaired) electrons. The Morgan fingerprint density at radius 3 is 0.182 bits per heavy atom. The molecule has 0 unspecified atom stereocenters. The van der Waals surface area contributed by atoms with E-state index in [1.54, 1.807) is 0 Å². The van der Waals surface area contributed by atoms with Crippen molar-refractivity contribution in [3.8, 4) is 0 Å². The van der Waals surface area contributed by atoms with Gasteiger partial charge in [0.05, 0.1) is 0 Å². The Labute approximate surface area is 192 Å². The molecule has 0 saturated heterocycles. The van der Waals surface area contributed by atoms with Crippen molar-refractivity contribution in [3.05, 3.63) is 0 Å². The van der Waals surface area contributed by atoms with Gasteiger partial charge in [0.15, 0.2) is 0 Å². The molecular formula is H58B4N12O17. The van der Waals surface area contributed by atoms with Gasteiger partial charge in [-0.2, -0.15) is 0 Å². The van der Waals surface area contributed by atoms with Crippen LogP contribution in [0.15, 0.2) is 0 Å². The van der Waals surface area contributed by atoms with E-state index in [-0.39, 0.29) is 101 Å². The molecule has 0 aromatic carbocycles. The van der Waals surface area contributed by atoms with E-state index in [2.05, 4.69) is 0 Å². The van der Waals surface area contributed by atoms with Crippen molar-refractivity contribution in [1.82, 2.24) is 73.8 Å². The topological polar surface area (TPSA) is 820 Å². The van der Waals surface area contributed by atoms with E-state index in [0.29, 0.717) is 0 Å². The van der Waals surface area contributed by atoms with Crippen LogP contribution in [0.4, 0.5) is 0 Å². The molecule has 0 spiro atoms. The summed E-state index contributed by atoms with van der Waals surface area (Å²) >= 11 is 0. The molecule has 0 saturated carbocycles. The summed E-state index contributed by atoms with van der Waals surface area (Å²) in [6.45, 7) is 0. The van der Waals surface area contributed by atoms with Gasteiger partial charge in [0, 0.05) is 0 Å². The first-order valence-corrected chi connectivity index (χ1v) is 3.10. The third-order valence-corrected chi connectivity index (χ3v) is 0. The SMILES string of the molecule is N.N.N.N.N.N.N.N.N.N.N.N.O.O.O.O.O.OB(O)O.OB(O)O.OB(O)O.OB(O)O. The molecule has 0 bridgehead atoms. The van der Waals surface area contributed by atoms with E-state index >= 15 is 0 Å².